The zero-order valence-corrected chi connectivity index (χ0v) is 12.6. The Hall–Kier alpha value is -1.76. The van der Waals surface area contributed by atoms with E-state index in [1.54, 1.807) is 23.5 Å². The van der Waals surface area contributed by atoms with Crippen LogP contribution in [0.2, 0.25) is 0 Å². The van der Waals surface area contributed by atoms with Gasteiger partial charge < -0.3 is 10.4 Å². The number of rotatable bonds is 5. The number of hydrogen-bond acceptors (Lipinski definition) is 4. The van der Waals surface area contributed by atoms with Gasteiger partial charge in [-0.1, -0.05) is 6.07 Å². The summed E-state index contributed by atoms with van der Waals surface area (Å²) in [6.07, 6.45) is 0. The van der Waals surface area contributed by atoms with Crippen LogP contribution in [-0.4, -0.2) is 11.1 Å². The van der Waals surface area contributed by atoms with Crippen molar-refractivity contribution in [3.63, 3.8) is 0 Å². The quantitative estimate of drug-likeness (QED) is 0.744. The molecule has 2 N–H and O–H groups in total. The Kier molecular flexibility index (Phi) is 4.01. The average molecular weight is 321 g/mol. The second kappa shape index (κ2) is 5.93. The van der Waals surface area contributed by atoms with Crippen molar-refractivity contribution in [2.75, 3.05) is 0 Å². The minimum Gasteiger partial charge on any atom is -0.477 e. The third-order valence-electron chi connectivity index (χ3n) is 3.17. The van der Waals surface area contributed by atoms with Crippen LogP contribution in [0.25, 0.3) is 10.1 Å². The lowest BCUT2D eigenvalue weighted by Gasteiger charge is -2.05. The molecule has 0 fully saturated rings. The van der Waals surface area contributed by atoms with Crippen LogP contribution in [0, 0.1) is 5.82 Å². The highest BCUT2D eigenvalue weighted by molar-refractivity contribution is 7.21. The van der Waals surface area contributed by atoms with Crippen LogP contribution in [-0.2, 0) is 13.1 Å². The van der Waals surface area contributed by atoms with Gasteiger partial charge in [-0.25, -0.2) is 9.18 Å². The zero-order chi connectivity index (χ0) is 14.8. The van der Waals surface area contributed by atoms with Gasteiger partial charge in [0.25, 0.3) is 0 Å². The molecule has 0 amide bonds. The predicted molar refractivity (Wildman–Crippen MR) is 83.6 cm³/mol. The zero-order valence-electron chi connectivity index (χ0n) is 10.9. The lowest BCUT2D eigenvalue weighted by molar-refractivity contribution is 0.0701. The molecule has 0 spiro atoms. The highest BCUT2D eigenvalue weighted by Gasteiger charge is 2.19. The summed E-state index contributed by atoms with van der Waals surface area (Å²) in [6, 6.07) is 6.71. The van der Waals surface area contributed by atoms with E-state index >= 15 is 0 Å². The van der Waals surface area contributed by atoms with Crippen LogP contribution in [0.4, 0.5) is 4.39 Å². The van der Waals surface area contributed by atoms with E-state index in [1.165, 1.54) is 6.07 Å². The molecule has 0 aliphatic carbocycles. The Morgan fingerprint density at radius 1 is 1.29 bits per heavy atom. The third-order valence-corrected chi connectivity index (χ3v) is 5.09. The van der Waals surface area contributed by atoms with Crippen molar-refractivity contribution in [2.45, 2.75) is 13.1 Å². The maximum Gasteiger partial charge on any atom is 0.346 e. The first kappa shape index (κ1) is 14.2. The molecule has 1 aromatic carbocycles. The Balaban J connectivity index is 1.91. The van der Waals surface area contributed by atoms with Gasteiger partial charge in [-0.2, -0.15) is 11.3 Å². The standard InChI is InChI=1S/C15H12FNO2S2/c16-11-2-1-3-12-13(11)10(14(21-12)15(18)19)7-17-6-9-4-5-20-8-9/h1-5,8,17H,6-7H2,(H,18,19). The second-order valence-corrected chi connectivity index (χ2v) is 6.40. The van der Waals surface area contributed by atoms with Gasteiger partial charge >= 0.3 is 5.97 Å². The molecule has 0 radical (unpaired) electrons. The fourth-order valence-corrected chi connectivity index (χ4v) is 3.98. The molecule has 0 saturated heterocycles. The molecule has 2 aromatic heterocycles. The number of fused-ring (bicyclic) bond motifs is 1. The minimum atomic E-state index is -1.01. The topological polar surface area (TPSA) is 49.3 Å². The molecule has 0 atom stereocenters. The molecule has 0 aliphatic rings. The fourth-order valence-electron chi connectivity index (χ4n) is 2.23. The first-order valence-electron chi connectivity index (χ1n) is 6.32. The fraction of sp³-hybridized carbons (Fsp3) is 0.133. The van der Waals surface area contributed by atoms with Crippen molar-refractivity contribution in [1.29, 1.82) is 0 Å². The van der Waals surface area contributed by atoms with Gasteiger partial charge in [0.2, 0.25) is 0 Å². The first-order valence-corrected chi connectivity index (χ1v) is 8.07. The molecule has 0 unspecified atom stereocenters. The van der Waals surface area contributed by atoms with E-state index < -0.39 is 5.97 Å². The molecule has 0 aliphatic heterocycles. The van der Waals surface area contributed by atoms with E-state index in [0.717, 1.165) is 16.9 Å². The van der Waals surface area contributed by atoms with Crippen molar-refractivity contribution in [3.8, 4) is 0 Å². The van der Waals surface area contributed by atoms with Gasteiger partial charge in [0.1, 0.15) is 10.7 Å². The van der Waals surface area contributed by atoms with E-state index in [4.69, 9.17) is 0 Å². The largest absolute Gasteiger partial charge is 0.477 e. The number of carboxylic acids is 1. The van der Waals surface area contributed by atoms with Gasteiger partial charge in [-0.3, -0.25) is 0 Å². The highest BCUT2D eigenvalue weighted by Crippen LogP contribution is 2.33. The van der Waals surface area contributed by atoms with E-state index in [0.29, 0.717) is 28.7 Å². The van der Waals surface area contributed by atoms with Crippen LogP contribution >= 0.6 is 22.7 Å². The third kappa shape index (κ3) is 2.83. The summed E-state index contributed by atoms with van der Waals surface area (Å²) < 4.78 is 14.7. The van der Waals surface area contributed by atoms with Gasteiger partial charge in [-0.05, 0) is 34.5 Å². The van der Waals surface area contributed by atoms with Crippen molar-refractivity contribution >= 4 is 38.7 Å². The summed E-state index contributed by atoms with van der Waals surface area (Å²) >= 11 is 2.73. The summed E-state index contributed by atoms with van der Waals surface area (Å²) in [4.78, 5) is 11.6. The number of halogens is 1. The number of thiophene rings is 2. The van der Waals surface area contributed by atoms with Gasteiger partial charge in [0.15, 0.2) is 0 Å². The van der Waals surface area contributed by atoms with Gasteiger partial charge in [-0.15, -0.1) is 11.3 Å². The van der Waals surface area contributed by atoms with Gasteiger partial charge in [0.05, 0.1) is 0 Å². The van der Waals surface area contributed by atoms with Crippen molar-refractivity contribution in [2.24, 2.45) is 0 Å². The minimum absolute atomic E-state index is 0.202. The molecule has 0 saturated carbocycles. The number of nitrogens with one attached hydrogen (secondary N) is 1. The van der Waals surface area contributed by atoms with Crippen LogP contribution in [0.3, 0.4) is 0 Å². The van der Waals surface area contributed by atoms with E-state index in [-0.39, 0.29) is 10.7 Å². The van der Waals surface area contributed by atoms with E-state index in [2.05, 4.69) is 5.32 Å². The first-order chi connectivity index (χ1) is 10.2. The lowest BCUT2D eigenvalue weighted by Crippen LogP contribution is -2.14. The van der Waals surface area contributed by atoms with Crippen LogP contribution in [0.15, 0.2) is 35.0 Å². The predicted octanol–water partition coefficient (Wildman–Crippen LogP) is 4.09. The van der Waals surface area contributed by atoms with Gasteiger partial charge in [0, 0.05) is 28.7 Å². The lowest BCUT2D eigenvalue weighted by atomic mass is 10.1. The van der Waals surface area contributed by atoms with Crippen molar-refractivity contribution in [1.82, 2.24) is 5.32 Å². The van der Waals surface area contributed by atoms with Crippen molar-refractivity contribution in [3.05, 3.63) is 56.8 Å². The monoisotopic (exact) mass is 321 g/mol. The molecule has 3 rings (SSSR count). The highest BCUT2D eigenvalue weighted by atomic mass is 32.1. The summed E-state index contributed by atoms with van der Waals surface area (Å²) in [5.74, 6) is -1.38. The SMILES string of the molecule is O=C(O)c1sc2cccc(F)c2c1CNCc1ccsc1. The molecule has 21 heavy (non-hydrogen) atoms. The Labute approximate surface area is 128 Å². The van der Waals surface area contributed by atoms with Crippen LogP contribution < -0.4 is 5.32 Å². The summed E-state index contributed by atoms with van der Waals surface area (Å²) in [5, 5.41) is 16.9. The Bertz CT molecular complexity index is 780. The van der Waals surface area contributed by atoms with E-state index in [1.807, 2.05) is 16.8 Å². The number of benzene rings is 1. The molecule has 6 heteroatoms. The van der Waals surface area contributed by atoms with E-state index in [9.17, 15) is 14.3 Å². The van der Waals surface area contributed by atoms with Crippen molar-refractivity contribution < 1.29 is 14.3 Å². The summed E-state index contributed by atoms with van der Waals surface area (Å²) in [7, 11) is 0. The Morgan fingerprint density at radius 3 is 2.86 bits per heavy atom. The molecular weight excluding hydrogens is 309 g/mol. The maximum absolute atomic E-state index is 14.0. The number of carboxylic acid groups (broad SMARTS) is 1. The molecule has 2 heterocycles. The summed E-state index contributed by atoms with van der Waals surface area (Å²) in [5.41, 5.74) is 1.66. The molecule has 3 nitrogen and oxygen atoms in total. The number of hydrogen-bond donors (Lipinski definition) is 2. The second-order valence-electron chi connectivity index (χ2n) is 4.56. The smallest absolute Gasteiger partial charge is 0.346 e. The summed E-state index contributed by atoms with van der Waals surface area (Å²) in [6.45, 7) is 0.965. The maximum atomic E-state index is 14.0. The molecule has 108 valence electrons. The number of carbonyl (C=O) groups is 1. The number of aromatic carboxylic acids is 1. The molecule has 3 aromatic rings. The average Bonchev–Trinajstić information content (AvgIpc) is 3.07. The molecule has 0 bridgehead atoms. The molecular formula is C15H12FNO2S2. The van der Waals surface area contributed by atoms with Crippen LogP contribution in [0.5, 0.6) is 0 Å². The normalized spacial score (nSPS) is 11.1. The van der Waals surface area contributed by atoms with Crippen LogP contribution in [0.1, 0.15) is 20.8 Å². The Morgan fingerprint density at radius 2 is 2.14 bits per heavy atom.